The molecule has 0 saturated carbocycles. The number of aryl methyl sites for hydroxylation is 1. The Morgan fingerprint density at radius 2 is 2.10 bits per heavy atom. The molecule has 0 radical (unpaired) electrons. The first-order valence-corrected chi connectivity index (χ1v) is 6.45. The standard InChI is InChI=1S/C13H10F3N3S/c1-7-11(20-12(18)19-7)5-9-3-2-8(6-17)4-10(9)13(14,15)16/h2-4H,5H2,1H3,(H2,18,19). The molecule has 2 aromatic rings. The zero-order chi connectivity index (χ0) is 14.9. The number of rotatable bonds is 2. The van der Waals surface area contributed by atoms with E-state index in [0.717, 1.165) is 6.07 Å². The summed E-state index contributed by atoms with van der Waals surface area (Å²) in [6.07, 6.45) is -4.40. The molecule has 0 amide bonds. The van der Waals surface area contributed by atoms with E-state index < -0.39 is 11.7 Å². The summed E-state index contributed by atoms with van der Waals surface area (Å²) >= 11 is 1.17. The van der Waals surface area contributed by atoms with Crippen LogP contribution in [0.15, 0.2) is 18.2 Å². The molecule has 1 aromatic heterocycles. The fourth-order valence-electron chi connectivity index (χ4n) is 1.85. The molecule has 7 heteroatoms. The quantitative estimate of drug-likeness (QED) is 0.922. The summed E-state index contributed by atoms with van der Waals surface area (Å²) in [5.41, 5.74) is 5.49. The minimum absolute atomic E-state index is 0.0124. The van der Waals surface area contributed by atoms with Gasteiger partial charge in [0.2, 0.25) is 0 Å². The predicted octanol–water partition coefficient (Wildman–Crippen LogP) is 3.52. The summed E-state index contributed by atoms with van der Waals surface area (Å²) in [6, 6.07) is 5.30. The van der Waals surface area contributed by atoms with Crippen molar-refractivity contribution >= 4 is 16.5 Å². The number of halogens is 3. The van der Waals surface area contributed by atoms with Gasteiger partial charge in [-0.2, -0.15) is 18.4 Å². The van der Waals surface area contributed by atoms with Crippen molar-refractivity contribution in [1.82, 2.24) is 4.98 Å². The number of nitrogens with zero attached hydrogens (tertiary/aromatic N) is 2. The molecule has 1 aromatic carbocycles. The van der Waals surface area contributed by atoms with Crippen LogP contribution in [0.4, 0.5) is 18.3 Å². The van der Waals surface area contributed by atoms with Crippen LogP contribution in [-0.4, -0.2) is 4.98 Å². The molecule has 0 fully saturated rings. The third-order valence-corrected chi connectivity index (χ3v) is 3.79. The number of aromatic nitrogens is 1. The van der Waals surface area contributed by atoms with Crippen molar-refractivity contribution in [3.8, 4) is 6.07 Å². The third kappa shape index (κ3) is 2.91. The summed E-state index contributed by atoms with van der Waals surface area (Å²) in [7, 11) is 0. The molecule has 20 heavy (non-hydrogen) atoms. The highest BCUT2D eigenvalue weighted by Crippen LogP contribution is 2.35. The Labute approximate surface area is 117 Å². The van der Waals surface area contributed by atoms with Gasteiger partial charge in [-0.1, -0.05) is 6.07 Å². The molecule has 0 aliphatic carbocycles. The van der Waals surface area contributed by atoms with Crippen LogP contribution in [-0.2, 0) is 12.6 Å². The minimum atomic E-state index is -4.49. The van der Waals surface area contributed by atoms with E-state index in [1.54, 1.807) is 13.0 Å². The maximum atomic E-state index is 13.0. The van der Waals surface area contributed by atoms with Crippen molar-refractivity contribution in [3.05, 3.63) is 45.5 Å². The van der Waals surface area contributed by atoms with Crippen LogP contribution in [0.25, 0.3) is 0 Å². The third-order valence-electron chi connectivity index (χ3n) is 2.80. The summed E-state index contributed by atoms with van der Waals surface area (Å²) in [4.78, 5) is 4.69. The lowest BCUT2D eigenvalue weighted by molar-refractivity contribution is -0.138. The summed E-state index contributed by atoms with van der Waals surface area (Å²) in [5, 5.41) is 9.05. The van der Waals surface area contributed by atoms with E-state index in [2.05, 4.69) is 4.98 Å². The van der Waals surface area contributed by atoms with Crippen LogP contribution in [0.2, 0.25) is 0 Å². The van der Waals surface area contributed by atoms with E-state index in [1.807, 2.05) is 0 Å². The van der Waals surface area contributed by atoms with Gasteiger partial charge in [-0.05, 0) is 24.6 Å². The average molecular weight is 297 g/mol. The first-order chi connectivity index (χ1) is 9.31. The number of hydrogen-bond donors (Lipinski definition) is 1. The average Bonchev–Trinajstić information content (AvgIpc) is 2.67. The van der Waals surface area contributed by atoms with Crippen molar-refractivity contribution in [1.29, 1.82) is 5.26 Å². The zero-order valence-corrected chi connectivity index (χ0v) is 11.3. The van der Waals surface area contributed by atoms with Gasteiger partial charge in [0.25, 0.3) is 0 Å². The van der Waals surface area contributed by atoms with E-state index in [4.69, 9.17) is 11.0 Å². The Hall–Kier alpha value is -2.07. The van der Waals surface area contributed by atoms with Crippen LogP contribution in [0.1, 0.15) is 27.3 Å². The molecule has 2 N–H and O–H groups in total. The van der Waals surface area contributed by atoms with E-state index >= 15 is 0 Å². The number of anilines is 1. The Morgan fingerprint density at radius 3 is 2.60 bits per heavy atom. The van der Waals surface area contributed by atoms with Crippen LogP contribution in [0, 0.1) is 18.3 Å². The fourth-order valence-corrected chi connectivity index (χ4v) is 2.71. The number of nitriles is 1. The van der Waals surface area contributed by atoms with Gasteiger partial charge < -0.3 is 5.73 Å². The minimum Gasteiger partial charge on any atom is -0.375 e. The summed E-state index contributed by atoms with van der Waals surface area (Å²) < 4.78 is 39.1. The van der Waals surface area contributed by atoms with Crippen molar-refractivity contribution in [3.63, 3.8) is 0 Å². The summed E-state index contributed by atoms with van der Waals surface area (Å²) in [6.45, 7) is 1.71. The van der Waals surface area contributed by atoms with E-state index in [-0.39, 0.29) is 17.5 Å². The molecule has 1 heterocycles. The van der Waals surface area contributed by atoms with Gasteiger partial charge in [0.1, 0.15) is 0 Å². The molecule has 0 spiro atoms. The monoisotopic (exact) mass is 297 g/mol. The maximum Gasteiger partial charge on any atom is 0.416 e. The normalized spacial score (nSPS) is 11.3. The smallest absolute Gasteiger partial charge is 0.375 e. The molecule has 0 aliphatic rings. The van der Waals surface area contributed by atoms with Gasteiger partial charge in [0.05, 0.1) is 22.9 Å². The molecule has 2 rings (SSSR count). The van der Waals surface area contributed by atoms with Gasteiger partial charge in [0.15, 0.2) is 5.13 Å². The van der Waals surface area contributed by atoms with Crippen molar-refractivity contribution < 1.29 is 13.2 Å². The van der Waals surface area contributed by atoms with Crippen molar-refractivity contribution in [2.75, 3.05) is 5.73 Å². The number of nitrogen functional groups attached to an aromatic ring is 1. The molecule has 0 unspecified atom stereocenters. The van der Waals surface area contributed by atoms with Crippen LogP contribution >= 0.6 is 11.3 Å². The zero-order valence-electron chi connectivity index (χ0n) is 10.5. The Kier molecular flexibility index (Phi) is 3.68. The van der Waals surface area contributed by atoms with Crippen LogP contribution in [0.3, 0.4) is 0 Å². The lowest BCUT2D eigenvalue weighted by Gasteiger charge is -2.12. The molecule has 0 atom stereocenters. The number of nitrogens with two attached hydrogens (primary N) is 1. The number of alkyl halides is 3. The van der Waals surface area contributed by atoms with E-state index in [9.17, 15) is 13.2 Å². The second-order valence-corrected chi connectivity index (χ2v) is 5.33. The largest absolute Gasteiger partial charge is 0.416 e. The van der Waals surface area contributed by atoms with Crippen molar-refractivity contribution in [2.45, 2.75) is 19.5 Å². The molecular formula is C13H10F3N3S. The molecule has 0 saturated heterocycles. The highest BCUT2D eigenvalue weighted by Gasteiger charge is 2.33. The topological polar surface area (TPSA) is 62.7 Å². The predicted molar refractivity (Wildman–Crippen MR) is 70.2 cm³/mol. The lowest BCUT2D eigenvalue weighted by atomic mass is 10.0. The van der Waals surface area contributed by atoms with Gasteiger partial charge in [-0.3, -0.25) is 0 Å². The van der Waals surface area contributed by atoms with Gasteiger partial charge in [0, 0.05) is 11.3 Å². The SMILES string of the molecule is Cc1nc(N)sc1Cc1ccc(C#N)cc1C(F)(F)F. The molecular weight excluding hydrogens is 287 g/mol. The van der Waals surface area contributed by atoms with Crippen molar-refractivity contribution in [2.24, 2.45) is 0 Å². The lowest BCUT2D eigenvalue weighted by Crippen LogP contribution is -2.10. The first-order valence-electron chi connectivity index (χ1n) is 5.63. The molecule has 0 aliphatic heterocycles. The van der Waals surface area contributed by atoms with E-state index in [1.165, 1.54) is 23.5 Å². The Balaban J connectivity index is 2.46. The Bertz CT molecular complexity index is 683. The van der Waals surface area contributed by atoms with Gasteiger partial charge in [-0.25, -0.2) is 4.98 Å². The molecule has 104 valence electrons. The molecule has 0 bridgehead atoms. The summed E-state index contributed by atoms with van der Waals surface area (Å²) in [5.74, 6) is 0. The highest BCUT2D eigenvalue weighted by molar-refractivity contribution is 7.15. The number of hydrogen-bond acceptors (Lipinski definition) is 4. The number of thiazole rings is 1. The first kappa shape index (κ1) is 14.3. The highest BCUT2D eigenvalue weighted by atomic mass is 32.1. The molecule has 3 nitrogen and oxygen atoms in total. The second-order valence-electron chi connectivity index (χ2n) is 4.22. The number of benzene rings is 1. The maximum absolute atomic E-state index is 13.0. The van der Waals surface area contributed by atoms with Gasteiger partial charge in [-0.15, -0.1) is 11.3 Å². The van der Waals surface area contributed by atoms with Crippen LogP contribution in [0.5, 0.6) is 0 Å². The van der Waals surface area contributed by atoms with Gasteiger partial charge >= 0.3 is 6.18 Å². The second kappa shape index (κ2) is 5.13. The van der Waals surface area contributed by atoms with E-state index in [0.29, 0.717) is 15.7 Å². The van der Waals surface area contributed by atoms with Crippen LogP contribution < -0.4 is 5.73 Å². The fraction of sp³-hybridized carbons (Fsp3) is 0.231. The Morgan fingerprint density at radius 1 is 1.40 bits per heavy atom.